The van der Waals surface area contributed by atoms with Gasteiger partial charge in [0.25, 0.3) is 0 Å². The molecule has 2 aromatic rings. The van der Waals surface area contributed by atoms with Crippen molar-refractivity contribution >= 4 is 0 Å². The Kier molecular flexibility index (Phi) is 3.54. The predicted molar refractivity (Wildman–Crippen MR) is 66.2 cm³/mol. The van der Waals surface area contributed by atoms with Gasteiger partial charge in [-0.15, -0.1) is 0 Å². The van der Waals surface area contributed by atoms with E-state index in [2.05, 4.69) is 6.07 Å². The molecular weight excluding hydrogens is 210 g/mol. The number of hydrogen-bond donors (Lipinski definition) is 1. The Hall–Kier alpha value is -2.11. The van der Waals surface area contributed by atoms with Crippen molar-refractivity contribution in [3.05, 3.63) is 71.8 Å². The molecule has 17 heavy (non-hydrogen) atoms. The molecule has 0 aliphatic carbocycles. The van der Waals surface area contributed by atoms with E-state index in [1.807, 2.05) is 60.7 Å². The van der Waals surface area contributed by atoms with Crippen LogP contribution in [0.25, 0.3) is 0 Å². The van der Waals surface area contributed by atoms with Crippen molar-refractivity contribution in [3.63, 3.8) is 0 Å². The van der Waals surface area contributed by atoms with E-state index in [0.717, 1.165) is 11.1 Å². The van der Waals surface area contributed by atoms with E-state index < -0.39 is 12.0 Å². The van der Waals surface area contributed by atoms with Gasteiger partial charge in [0.1, 0.15) is 5.92 Å². The maximum absolute atomic E-state index is 10.2. The van der Waals surface area contributed by atoms with Crippen molar-refractivity contribution < 1.29 is 5.11 Å². The lowest BCUT2D eigenvalue weighted by molar-refractivity contribution is 0.164. The topological polar surface area (TPSA) is 44.0 Å². The number of rotatable bonds is 3. The molecule has 0 saturated carbocycles. The van der Waals surface area contributed by atoms with Gasteiger partial charge in [-0.25, -0.2) is 0 Å². The van der Waals surface area contributed by atoms with Crippen molar-refractivity contribution in [2.75, 3.05) is 0 Å². The number of benzene rings is 2. The third-order valence-corrected chi connectivity index (χ3v) is 2.75. The zero-order valence-corrected chi connectivity index (χ0v) is 9.32. The Balaban J connectivity index is 2.30. The highest BCUT2D eigenvalue weighted by atomic mass is 16.3. The van der Waals surface area contributed by atoms with E-state index in [4.69, 9.17) is 0 Å². The van der Waals surface area contributed by atoms with Crippen LogP contribution in [0.2, 0.25) is 0 Å². The highest BCUT2D eigenvalue weighted by Crippen LogP contribution is 2.29. The van der Waals surface area contributed by atoms with Gasteiger partial charge in [-0.05, 0) is 11.1 Å². The molecule has 2 heteroatoms. The lowest BCUT2D eigenvalue weighted by Crippen LogP contribution is -2.08. The first-order valence-corrected chi connectivity index (χ1v) is 5.50. The fraction of sp³-hybridized carbons (Fsp3) is 0.133. The summed E-state index contributed by atoms with van der Waals surface area (Å²) in [4.78, 5) is 0. The summed E-state index contributed by atoms with van der Waals surface area (Å²) in [5.41, 5.74) is 1.61. The molecule has 0 amide bonds. The summed E-state index contributed by atoms with van der Waals surface area (Å²) in [5.74, 6) is -0.529. The molecule has 0 fully saturated rings. The number of nitrogens with zero attached hydrogens (tertiary/aromatic N) is 1. The smallest absolute Gasteiger partial charge is 0.101 e. The Bertz CT molecular complexity index is 501. The Labute approximate surface area is 101 Å². The second-order valence-electron chi connectivity index (χ2n) is 3.87. The highest BCUT2D eigenvalue weighted by molar-refractivity contribution is 5.31. The second-order valence-corrected chi connectivity index (χ2v) is 3.87. The number of hydrogen-bond acceptors (Lipinski definition) is 2. The number of aliphatic hydroxyl groups is 1. The summed E-state index contributed by atoms with van der Waals surface area (Å²) in [6.07, 6.45) is -0.788. The molecule has 2 nitrogen and oxygen atoms in total. The molecule has 0 radical (unpaired) electrons. The molecule has 0 bridgehead atoms. The lowest BCUT2D eigenvalue weighted by atomic mass is 9.90. The van der Waals surface area contributed by atoms with Crippen LogP contribution >= 0.6 is 0 Å². The van der Waals surface area contributed by atoms with Gasteiger partial charge in [0, 0.05) is 0 Å². The number of nitriles is 1. The fourth-order valence-corrected chi connectivity index (χ4v) is 1.83. The van der Waals surface area contributed by atoms with Crippen molar-refractivity contribution in [2.45, 2.75) is 12.0 Å². The summed E-state index contributed by atoms with van der Waals surface area (Å²) in [7, 11) is 0. The van der Waals surface area contributed by atoms with Gasteiger partial charge < -0.3 is 5.11 Å². The SMILES string of the molecule is N#CC(c1ccccc1)C(O)c1ccccc1. The largest absolute Gasteiger partial charge is 0.387 e. The van der Waals surface area contributed by atoms with Gasteiger partial charge in [0.15, 0.2) is 0 Å². The second kappa shape index (κ2) is 5.29. The van der Waals surface area contributed by atoms with Gasteiger partial charge in [0.05, 0.1) is 12.2 Å². The standard InChI is InChI=1S/C15H13NO/c16-11-14(12-7-3-1-4-8-12)15(17)13-9-5-2-6-10-13/h1-10,14-15,17H. The summed E-state index contributed by atoms with van der Waals surface area (Å²) in [5, 5.41) is 19.4. The fourth-order valence-electron chi connectivity index (χ4n) is 1.83. The van der Waals surface area contributed by atoms with Crippen LogP contribution in [-0.4, -0.2) is 5.11 Å². The summed E-state index contributed by atoms with van der Waals surface area (Å²) in [6, 6.07) is 20.8. The maximum Gasteiger partial charge on any atom is 0.101 e. The first-order chi connectivity index (χ1) is 8.33. The molecule has 2 rings (SSSR count). The monoisotopic (exact) mass is 223 g/mol. The molecule has 2 atom stereocenters. The van der Waals surface area contributed by atoms with Gasteiger partial charge in [0.2, 0.25) is 0 Å². The van der Waals surface area contributed by atoms with Crippen LogP contribution < -0.4 is 0 Å². The quantitative estimate of drug-likeness (QED) is 0.869. The minimum atomic E-state index is -0.788. The van der Waals surface area contributed by atoms with E-state index in [0.29, 0.717) is 0 Å². The van der Waals surface area contributed by atoms with Crippen molar-refractivity contribution in [2.24, 2.45) is 0 Å². The minimum absolute atomic E-state index is 0.529. The molecule has 0 aliphatic rings. The van der Waals surface area contributed by atoms with Gasteiger partial charge >= 0.3 is 0 Å². The minimum Gasteiger partial charge on any atom is -0.387 e. The first-order valence-electron chi connectivity index (χ1n) is 5.50. The molecule has 0 aromatic heterocycles. The van der Waals surface area contributed by atoms with Crippen LogP contribution in [-0.2, 0) is 0 Å². The van der Waals surface area contributed by atoms with Crippen LogP contribution in [0.1, 0.15) is 23.1 Å². The van der Waals surface area contributed by atoms with Crippen LogP contribution in [0.4, 0.5) is 0 Å². The Morgan fingerprint density at radius 3 is 1.76 bits per heavy atom. The molecule has 0 saturated heterocycles. The summed E-state index contributed by atoms with van der Waals surface area (Å²) in [6.45, 7) is 0. The predicted octanol–water partition coefficient (Wildman–Crippen LogP) is 3.03. The van der Waals surface area contributed by atoms with Crippen molar-refractivity contribution in [1.29, 1.82) is 5.26 Å². The zero-order chi connectivity index (χ0) is 12.1. The first kappa shape index (κ1) is 11.4. The molecule has 84 valence electrons. The molecule has 1 N–H and O–H groups in total. The third-order valence-electron chi connectivity index (χ3n) is 2.75. The molecule has 2 aromatic carbocycles. The molecule has 2 unspecified atom stereocenters. The Morgan fingerprint density at radius 1 is 0.824 bits per heavy atom. The van der Waals surface area contributed by atoms with E-state index in [1.165, 1.54) is 0 Å². The van der Waals surface area contributed by atoms with E-state index in [9.17, 15) is 10.4 Å². The third kappa shape index (κ3) is 2.52. The van der Waals surface area contributed by atoms with E-state index >= 15 is 0 Å². The average molecular weight is 223 g/mol. The van der Waals surface area contributed by atoms with Gasteiger partial charge in [-0.3, -0.25) is 0 Å². The van der Waals surface area contributed by atoms with Crippen LogP contribution in [0.5, 0.6) is 0 Å². The van der Waals surface area contributed by atoms with E-state index in [1.54, 1.807) is 0 Å². The number of aliphatic hydroxyl groups excluding tert-OH is 1. The molecular formula is C15H13NO. The van der Waals surface area contributed by atoms with Crippen LogP contribution in [0.3, 0.4) is 0 Å². The molecule has 0 heterocycles. The van der Waals surface area contributed by atoms with Gasteiger partial charge in [-0.1, -0.05) is 60.7 Å². The summed E-state index contributed by atoms with van der Waals surface area (Å²) >= 11 is 0. The van der Waals surface area contributed by atoms with Gasteiger partial charge in [-0.2, -0.15) is 5.26 Å². The van der Waals surface area contributed by atoms with Crippen molar-refractivity contribution in [3.8, 4) is 6.07 Å². The van der Waals surface area contributed by atoms with Crippen molar-refractivity contribution in [1.82, 2.24) is 0 Å². The maximum atomic E-state index is 10.2. The normalized spacial score (nSPS) is 13.6. The average Bonchev–Trinajstić information content (AvgIpc) is 2.42. The molecule has 0 spiro atoms. The van der Waals surface area contributed by atoms with Crippen LogP contribution in [0.15, 0.2) is 60.7 Å². The highest BCUT2D eigenvalue weighted by Gasteiger charge is 2.21. The summed E-state index contributed by atoms with van der Waals surface area (Å²) < 4.78 is 0. The lowest BCUT2D eigenvalue weighted by Gasteiger charge is -2.17. The van der Waals surface area contributed by atoms with E-state index in [-0.39, 0.29) is 0 Å². The Morgan fingerprint density at radius 2 is 1.29 bits per heavy atom. The molecule has 0 aliphatic heterocycles. The van der Waals surface area contributed by atoms with Crippen LogP contribution in [0, 0.1) is 11.3 Å². The zero-order valence-electron chi connectivity index (χ0n) is 9.32.